The zero-order chi connectivity index (χ0) is 13.2. The van der Waals surface area contributed by atoms with E-state index >= 15 is 0 Å². The summed E-state index contributed by atoms with van der Waals surface area (Å²) in [7, 11) is 0. The second kappa shape index (κ2) is 4.82. The van der Waals surface area contributed by atoms with E-state index in [0.29, 0.717) is 27.9 Å². The summed E-state index contributed by atoms with van der Waals surface area (Å²) in [4.78, 5) is 4.30. The first kappa shape index (κ1) is 11.9. The second-order valence-corrected chi connectivity index (χ2v) is 4.52. The minimum atomic E-state index is 0.246. The number of ether oxygens (including phenoxy) is 1. The van der Waals surface area contributed by atoms with Crippen LogP contribution in [0.5, 0.6) is 5.75 Å². The molecule has 0 saturated heterocycles. The summed E-state index contributed by atoms with van der Waals surface area (Å²) in [5, 5.41) is 0.629. The summed E-state index contributed by atoms with van der Waals surface area (Å²) in [6.07, 6.45) is 0. The largest absolute Gasteiger partial charge is 0.484 e. The number of rotatable bonds is 3. The Kier molecular flexibility index (Phi) is 3.01. The minimum Gasteiger partial charge on any atom is -0.484 e. The Bertz CT molecular complexity index is 724. The van der Waals surface area contributed by atoms with Crippen LogP contribution in [0.4, 0.5) is 5.69 Å². The van der Waals surface area contributed by atoms with E-state index in [2.05, 4.69) is 4.98 Å². The van der Waals surface area contributed by atoms with Gasteiger partial charge in [-0.15, -0.1) is 0 Å². The summed E-state index contributed by atoms with van der Waals surface area (Å²) in [6, 6.07) is 12.5. The number of benzene rings is 2. The van der Waals surface area contributed by atoms with E-state index in [1.54, 1.807) is 30.3 Å². The lowest BCUT2D eigenvalue weighted by atomic mass is 10.3. The first-order valence-electron chi connectivity index (χ1n) is 5.74. The van der Waals surface area contributed by atoms with Crippen LogP contribution in [0.25, 0.3) is 11.1 Å². The van der Waals surface area contributed by atoms with Gasteiger partial charge in [0, 0.05) is 16.8 Å². The third-order valence-corrected chi connectivity index (χ3v) is 2.85. The smallest absolute Gasteiger partial charge is 0.233 e. The van der Waals surface area contributed by atoms with Gasteiger partial charge in [-0.2, -0.15) is 0 Å². The lowest BCUT2D eigenvalue weighted by molar-refractivity contribution is 0.267. The molecule has 0 radical (unpaired) electrons. The highest BCUT2D eigenvalue weighted by Crippen LogP contribution is 2.21. The Morgan fingerprint density at radius 1 is 1.21 bits per heavy atom. The molecule has 0 aliphatic rings. The van der Waals surface area contributed by atoms with E-state index in [1.807, 2.05) is 12.1 Å². The van der Waals surface area contributed by atoms with E-state index < -0.39 is 0 Å². The maximum absolute atomic E-state index is 5.89. The number of nitrogens with zero attached hydrogens (tertiary/aromatic N) is 1. The van der Waals surface area contributed by atoms with Gasteiger partial charge in [-0.05, 0) is 30.3 Å². The highest BCUT2D eigenvalue weighted by atomic mass is 35.5. The fourth-order valence-electron chi connectivity index (χ4n) is 1.76. The predicted molar refractivity (Wildman–Crippen MR) is 74.2 cm³/mol. The van der Waals surface area contributed by atoms with E-state index in [1.165, 1.54) is 0 Å². The van der Waals surface area contributed by atoms with Crippen LogP contribution < -0.4 is 10.5 Å². The molecule has 0 aliphatic carbocycles. The molecule has 0 bridgehead atoms. The Morgan fingerprint density at radius 2 is 2.11 bits per heavy atom. The first-order valence-corrected chi connectivity index (χ1v) is 6.12. The normalized spacial score (nSPS) is 10.8. The van der Waals surface area contributed by atoms with Crippen molar-refractivity contribution in [2.75, 3.05) is 5.73 Å². The number of anilines is 1. The monoisotopic (exact) mass is 274 g/mol. The van der Waals surface area contributed by atoms with Crippen LogP contribution in [0.15, 0.2) is 46.9 Å². The fraction of sp³-hybridized carbons (Fsp3) is 0.0714. The number of hydrogen-bond donors (Lipinski definition) is 1. The minimum absolute atomic E-state index is 0.246. The average Bonchev–Trinajstić information content (AvgIpc) is 2.78. The van der Waals surface area contributed by atoms with Gasteiger partial charge in [0.2, 0.25) is 5.89 Å². The Morgan fingerprint density at radius 3 is 2.95 bits per heavy atom. The summed E-state index contributed by atoms with van der Waals surface area (Å²) in [5.74, 6) is 1.18. The summed E-state index contributed by atoms with van der Waals surface area (Å²) >= 11 is 5.89. The molecule has 3 rings (SSSR count). The van der Waals surface area contributed by atoms with Crippen molar-refractivity contribution in [2.45, 2.75) is 6.61 Å². The Labute approximate surface area is 114 Å². The van der Waals surface area contributed by atoms with Crippen LogP contribution in [0.1, 0.15) is 5.89 Å². The summed E-state index contributed by atoms with van der Waals surface area (Å²) < 4.78 is 11.1. The van der Waals surface area contributed by atoms with Gasteiger partial charge in [0.25, 0.3) is 0 Å². The zero-order valence-electron chi connectivity index (χ0n) is 9.97. The first-order chi connectivity index (χ1) is 9.20. The molecule has 0 unspecified atom stereocenters. The average molecular weight is 275 g/mol. The number of nitrogen functional groups attached to an aromatic ring is 1. The highest BCUT2D eigenvalue weighted by Gasteiger charge is 2.07. The standard InChI is InChI=1S/C14H11ClN2O2/c15-9-4-5-13-12(6-9)17-14(19-13)8-18-11-3-1-2-10(16)7-11/h1-7H,8,16H2. The molecule has 0 atom stereocenters. The number of halogens is 1. The fourth-order valence-corrected chi connectivity index (χ4v) is 1.93. The van der Waals surface area contributed by atoms with Crippen molar-refractivity contribution in [1.29, 1.82) is 0 Å². The molecular weight excluding hydrogens is 264 g/mol. The molecule has 2 aromatic carbocycles. The molecule has 0 saturated carbocycles. The highest BCUT2D eigenvalue weighted by molar-refractivity contribution is 6.31. The summed E-state index contributed by atoms with van der Waals surface area (Å²) in [5.41, 5.74) is 7.74. The number of oxazole rings is 1. The number of nitrogens with two attached hydrogens (primary N) is 1. The molecule has 0 aliphatic heterocycles. The van der Waals surface area contributed by atoms with Crippen LogP contribution in [0.3, 0.4) is 0 Å². The van der Waals surface area contributed by atoms with Gasteiger partial charge in [0.05, 0.1) is 0 Å². The van der Waals surface area contributed by atoms with E-state index in [9.17, 15) is 0 Å². The molecule has 0 fully saturated rings. The van der Waals surface area contributed by atoms with Crippen molar-refractivity contribution in [1.82, 2.24) is 4.98 Å². The van der Waals surface area contributed by atoms with Gasteiger partial charge < -0.3 is 14.9 Å². The van der Waals surface area contributed by atoms with Crippen LogP contribution in [0, 0.1) is 0 Å². The van der Waals surface area contributed by atoms with Gasteiger partial charge in [0.1, 0.15) is 11.3 Å². The topological polar surface area (TPSA) is 61.3 Å². The van der Waals surface area contributed by atoms with Crippen LogP contribution in [-0.2, 0) is 6.61 Å². The van der Waals surface area contributed by atoms with Crippen molar-refractivity contribution in [2.24, 2.45) is 0 Å². The third-order valence-electron chi connectivity index (χ3n) is 2.61. The number of aromatic nitrogens is 1. The molecule has 4 nitrogen and oxygen atoms in total. The molecule has 1 aromatic heterocycles. The van der Waals surface area contributed by atoms with Crippen molar-refractivity contribution in [3.63, 3.8) is 0 Å². The lowest BCUT2D eigenvalue weighted by Gasteiger charge is -2.03. The van der Waals surface area contributed by atoms with E-state index in [-0.39, 0.29) is 6.61 Å². The molecule has 96 valence electrons. The summed E-state index contributed by atoms with van der Waals surface area (Å²) in [6.45, 7) is 0.246. The molecule has 0 amide bonds. The molecule has 0 spiro atoms. The lowest BCUT2D eigenvalue weighted by Crippen LogP contribution is -1.96. The van der Waals surface area contributed by atoms with Crippen molar-refractivity contribution in [3.05, 3.63) is 53.4 Å². The molecular formula is C14H11ClN2O2. The van der Waals surface area contributed by atoms with Gasteiger partial charge >= 0.3 is 0 Å². The molecule has 2 N–H and O–H groups in total. The van der Waals surface area contributed by atoms with Crippen LogP contribution in [-0.4, -0.2) is 4.98 Å². The molecule has 19 heavy (non-hydrogen) atoms. The van der Waals surface area contributed by atoms with Crippen LogP contribution in [0.2, 0.25) is 5.02 Å². The molecule has 1 heterocycles. The van der Waals surface area contributed by atoms with E-state index in [0.717, 1.165) is 5.52 Å². The molecule has 5 heteroatoms. The van der Waals surface area contributed by atoms with Gasteiger partial charge in [0.15, 0.2) is 12.2 Å². The zero-order valence-corrected chi connectivity index (χ0v) is 10.7. The maximum Gasteiger partial charge on any atom is 0.233 e. The van der Waals surface area contributed by atoms with Crippen molar-refractivity contribution >= 4 is 28.4 Å². The Hall–Kier alpha value is -2.20. The molecule has 3 aromatic rings. The van der Waals surface area contributed by atoms with Crippen LogP contribution >= 0.6 is 11.6 Å². The number of fused-ring (bicyclic) bond motifs is 1. The van der Waals surface area contributed by atoms with E-state index in [4.69, 9.17) is 26.5 Å². The third kappa shape index (κ3) is 2.63. The van der Waals surface area contributed by atoms with Crippen molar-refractivity contribution in [3.8, 4) is 5.75 Å². The quantitative estimate of drug-likeness (QED) is 0.741. The van der Waals surface area contributed by atoms with Gasteiger partial charge in [-0.1, -0.05) is 17.7 Å². The predicted octanol–water partition coefficient (Wildman–Crippen LogP) is 3.64. The Balaban J connectivity index is 1.78. The van der Waals surface area contributed by atoms with Gasteiger partial charge in [-0.25, -0.2) is 4.98 Å². The second-order valence-electron chi connectivity index (χ2n) is 4.08. The SMILES string of the molecule is Nc1cccc(OCc2nc3cc(Cl)ccc3o2)c1. The van der Waals surface area contributed by atoms with Crippen molar-refractivity contribution < 1.29 is 9.15 Å². The van der Waals surface area contributed by atoms with Gasteiger partial charge in [-0.3, -0.25) is 0 Å². The number of hydrogen-bond acceptors (Lipinski definition) is 4. The maximum atomic E-state index is 5.89.